The summed E-state index contributed by atoms with van der Waals surface area (Å²) in [6.45, 7) is 4.77. The van der Waals surface area contributed by atoms with Crippen LogP contribution in [0.1, 0.15) is 11.0 Å². The van der Waals surface area contributed by atoms with Crippen LogP contribution >= 0.6 is 15.8 Å². The zero-order chi connectivity index (χ0) is 15.0. The molecule has 1 heterocycles. The van der Waals surface area contributed by atoms with Gasteiger partial charge in [-0.3, -0.25) is 0 Å². The highest BCUT2D eigenvalue weighted by molar-refractivity contribution is 7.87. The summed E-state index contributed by atoms with van der Waals surface area (Å²) >= 11 is 0. The number of hydrogen-bond donors (Lipinski definition) is 0. The summed E-state index contributed by atoms with van der Waals surface area (Å²) in [6, 6.07) is 15.0. The van der Waals surface area contributed by atoms with E-state index in [4.69, 9.17) is 9.47 Å². The van der Waals surface area contributed by atoms with Crippen molar-refractivity contribution in [3.8, 4) is 11.5 Å². The Kier molecular flexibility index (Phi) is 4.20. The molecule has 0 radical (unpaired) electrons. The predicted octanol–water partition coefficient (Wildman–Crippen LogP) is 3.89. The summed E-state index contributed by atoms with van der Waals surface area (Å²) in [6.07, 6.45) is 0. The Balaban J connectivity index is 2.15. The van der Waals surface area contributed by atoms with Gasteiger partial charge in [-0.1, -0.05) is 46.2 Å². The Labute approximate surface area is 129 Å². The van der Waals surface area contributed by atoms with Crippen molar-refractivity contribution in [3.63, 3.8) is 0 Å². The molecule has 2 aromatic rings. The van der Waals surface area contributed by atoms with Gasteiger partial charge in [-0.15, -0.1) is 0 Å². The lowest BCUT2D eigenvalue weighted by molar-refractivity contribution is 0.387. The standard InChI is InChI=1S/C17H20O2P2/c1-18-12-8-7-9-13(19-2)16(12)17-20(3)14-10-5-6-11-15(14)21(17)4/h5-11,17H,1-4H3. The van der Waals surface area contributed by atoms with Crippen LogP contribution in [0.25, 0.3) is 0 Å². The SMILES string of the molecule is COc1cccc(OC)c1C1P(C)c2ccccc2P1C. The van der Waals surface area contributed by atoms with Gasteiger partial charge >= 0.3 is 0 Å². The highest BCUT2D eigenvalue weighted by Crippen LogP contribution is 2.70. The van der Waals surface area contributed by atoms with E-state index in [2.05, 4.69) is 37.6 Å². The van der Waals surface area contributed by atoms with Crippen molar-refractivity contribution in [1.82, 2.24) is 0 Å². The van der Waals surface area contributed by atoms with Gasteiger partial charge in [-0.05, 0) is 36.1 Å². The number of methoxy groups -OCH3 is 2. The van der Waals surface area contributed by atoms with Gasteiger partial charge < -0.3 is 9.47 Å². The molecule has 0 spiro atoms. The molecular formula is C17H20O2P2. The number of fused-ring (bicyclic) bond motifs is 1. The Hall–Kier alpha value is -1.10. The van der Waals surface area contributed by atoms with Gasteiger partial charge in [-0.2, -0.15) is 0 Å². The highest BCUT2D eigenvalue weighted by Gasteiger charge is 2.39. The van der Waals surface area contributed by atoms with Crippen LogP contribution in [-0.4, -0.2) is 27.5 Å². The fourth-order valence-electron chi connectivity index (χ4n) is 3.11. The van der Waals surface area contributed by atoms with Crippen LogP contribution in [0, 0.1) is 0 Å². The highest BCUT2D eigenvalue weighted by atomic mass is 31.2. The molecule has 2 unspecified atom stereocenters. The lowest BCUT2D eigenvalue weighted by Crippen LogP contribution is -2.13. The quantitative estimate of drug-likeness (QED) is 0.799. The number of benzene rings is 2. The van der Waals surface area contributed by atoms with Crippen LogP contribution in [0.2, 0.25) is 0 Å². The van der Waals surface area contributed by atoms with Crippen LogP contribution in [0.15, 0.2) is 42.5 Å². The fourth-order valence-corrected chi connectivity index (χ4v) is 10.2. The van der Waals surface area contributed by atoms with Gasteiger partial charge in [0, 0.05) is 11.0 Å². The maximum atomic E-state index is 5.64. The van der Waals surface area contributed by atoms with E-state index in [9.17, 15) is 0 Å². The minimum Gasteiger partial charge on any atom is -0.496 e. The first-order valence-corrected chi connectivity index (χ1v) is 10.7. The third-order valence-corrected chi connectivity index (χ3v) is 10.6. The van der Waals surface area contributed by atoms with Crippen molar-refractivity contribution >= 4 is 26.5 Å². The van der Waals surface area contributed by atoms with E-state index in [1.54, 1.807) is 24.8 Å². The molecular weight excluding hydrogens is 298 g/mol. The maximum Gasteiger partial charge on any atom is 0.126 e. The molecule has 1 aliphatic heterocycles. The van der Waals surface area contributed by atoms with Crippen molar-refractivity contribution < 1.29 is 9.47 Å². The lowest BCUT2D eigenvalue weighted by Gasteiger charge is -2.25. The second-order valence-corrected chi connectivity index (χ2v) is 10.0. The van der Waals surface area contributed by atoms with Gasteiger partial charge in [0.2, 0.25) is 0 Å². The summed E-state index contributed by atoms with van der Waals surface area (Å²) in [7, 11) is 3.02. The van der Waals surface area contributed by atoms with E-state index in [0.717, 1.165) is 11.5 Å². The molecule has 0 aliphatic carbocycles. The topological polar surface area (TPSA) is 18.5 Å². The van der Waals surface area contributed by atoms with Crippen molar-refractivity contribution in [3.05, 3.63) is 48.0 Å². The summed E-state index contributed by atoms with van der Waals surface area (Å²) in [5.74, 6) is 1.91. The van der Waals surface area contributed by atoms with E-state index in [1.807, 2.05) is 18.2 Å². The summed E-state index contributed by atoms with van der Waals surface area (Å²) in [4.78, 5) is 0. The lowest BCUT2D eigenvalue weighted by atomic mass is 10.2. The van der Waals surface area contributed by atoms with Gasteiger partial charge in [0.25, 0.3) is 0 Å². The van der Waals surface area contributed by atoms with E-state index >= 15 is 0 Å². The molecule has 2 nitrogen and oxygen atoms in total. The Bertz CT molecular complexity index is 606. The monoisotopic (exact) mass is 318 g/mol. The Morgan fingerprint density at radius 1 is 0.762 bits per heavy atom. The molecule has 110 valence electrons. The van der Waals surface area contributed by atoms with Crippen LogP contribution in [-0.2, 0) is 0 Å². The van der Waals surface area contributed by atoms with Gasteiger partial charge in [0.15, 0.2) is 0 Å². The smallest absolute Gasteiger partial charge is 0.126 e. The zero-order valence-electron chi connectivity index (χ0n) is 12.8. The second-order valence-electron chi connectivity index (χ2n) is 5.16. The van der Waals surface area contributed by atoms with Crippen LogP contribution in [0.4, 0.5) is 0 Å². The number of ether oxygens (including phenoxy) is 2. The summed E-state index contributed by atoms with van der Waals surface area (Å²) in [5, 5.41) is 3.59. The normalized spacial score (nSPS) is 23.7. The van der Waals surface area contributed by atoms with Crippen LogP contribution in [0.5, 0.6) is 11.5 Å². The van der Waals surface area contributed by atoms with Crippen molar-refractivity contribution in [1.29, 1.82) is 0 Å². The average molecular weight is 318 g/mol. The van der Waals surface area contributed by atoms with Gasteiger partial charge in [0.1, 0.15) is 11.5 Å². The molecule has 2 aromatic carbocycles. The first kappa shape index (κ1) is 14.8. The van der Waals surface area contributed by atoms with Crippen molar-refractivity contribution in [2.45, 2.75) is 5.40 Å². The first-order chi connectivity index (χ1) is 10.2. The molecule has 0 N–H and O–H groups in total. The minimum atomic E-state index is -0.235. The van der Waals surface area contributed by atoms with E-state index in [0.29, 0.717) is 5.40 Å². The number of hydrogen-bond acceptors (Lipinski definition) is 2. The van der Waals surface area contributed by atoms with E-state index in [-0.39, 0.29) is 15.8 Å². The molecule has 3 rings (SSSR count). The van der Waals surface area contributed by atoms with Crippen LogP contribution in [0.3, 0.4) is 0 Å². The van der Waals surface area contributed by atoms with Crippen LogP contribution < -0.4 is 20.1 Å². The van der Waals surface area contributed by atoms with Gasteiger partial charge in [0.05, 0.1) is 14.2 Å². The molecule has 0 fully saturated rings. The molecule has 0 amide bonds. The van der Waals surface area contributed by atoms with Crippen molar-refractivity contribution in [2.24, 2.45) is 0 Å². The molecule has 2 atom stereocenters. The van der Waals surface area contributed by atoms with Gasteiger partial charge in [-0.25, -0.2) is 0 Å². The molecule has 21 heavy (non-hydrogen) atoms. The third kappa shape index (κ3) is 2.35. The van der Waals surface area contributed by atoms with Crippen molar-refractivity contribution in [2.75, 3.05) is 27.5 Å². The predicted molar refractivity (Wildman–Crippen MR) is 93.7 cm³/mol. The number of rotatable bonds is 3. The molecule has 0 bridgehead atoms. The van der Waals surface area contributed by atoms with E-state index < -0.39 is 0 Å². The molecule has 1 aliphatic rings. The third-order valence-electron chi connectivity index (χ3n) is 4.10. The average Bonchev–Trinajstić information content (AvgIpc) is 2.78. The Morgan fingerprint density at radius 2 is 1.24 bits per heavy atom. The summed E-state index contributed by atoms with van der Waals surface area (Å²) < 4.78 is 11.3. The fraction of sp³-hybridized carbons (Fsp3) is 0.294. The second kappa shape index (κ2) is 5.95. The Morgan fingerprint density at radius 3 is 1.67 bits per heavy atom. The molecule has 4 heteroatoms. The largest absolute Gasteiger partial charge is 0.496 e. The first-order valence-electron chi connectivity index (χ1n) is 6.94. The van der Waals surface area contributed by atoms with E-state index in [1.165, 1.54) is 5.56 Å². The molecule has 0 saturated carbocycles. The molecule has 0 saturated heterocycles. The molecule has 0 aromatic heterocycles. The maximum absolute atomic E-state index is 5.64. The zero-order valence-corrected chi connectivity index (χ0v) is 14.6. The minimum absolute atomic E-state index is 0.235. The summed E-state index contributed by atoms with van der Waals surface area (Å²) in [5.41, 5.74) is 1.25.